The lowest BCUT2D eigenvalue weighted by Crippen LogP contribution is -2.22. The molecule has 0 aromatic heterocycles. The molecule has 3 nitrogen and oxygen atoms in total. The Morgan fingerprint density at radius 1 is 1.44 bits per heavy atom. The van der Waals surface area contributed by atoms with Crippen molar-refractivity contribution in [1.82, 2.24) is 0 Å². The van der Waals surface area contributed by atoms with Crippen molar-refractivity contribution in [2.24, 2.45) is 11.7 Å². The molecule has 100 valence electrons. The van der Waals surface area contributed by atoms with Gasteiger partial charge in [0.05, 0.1) is 18.2 Å². The van der Waals surface area contributed by atoms with Gasteiger partial charge in [-0.3, -0.25) is 0 Å². The maximum absolute atomic E-state index is 6.25. The molecule has 0 bridgehead atoms. The summed E-state index contributed by atoms with van der Waals surface area (Å²) in [7, 11) is 0. The van der Waals surface area contributed by atoms with Crippen molar-refractivity contribution in [3.05, 3.63) is 27.7 Å². The molecule has 1 aliphatic rings. The lowest BCUT2D eigenvalue weighted by molar-refractivity contribution is 0.181. The zero-order valence-corrected chi connectivity index (χ0v) is 11.8. The van der Waals surface area contributed by atoms with Crippen LogP contribution < -0.4 is 10.5 Å². The Balaban J connectivity index is 2.24. The third-order valence-corrected chi connectivity index (χ3v) is 3.81. The summed E-state index contributed by atoms with van der Waals surface area (Å²) in [5.41, 5.74) is 7.09. The molecule has 2 atom stereocenters. The second kappa shape index (κ2) is 6.11. The SMILES string of the molecule is CCOc1cc(Cl)c(C(N)C2CCOC2)cc1Cl. The minimum absolute atomic E-state index is 0.145. The van der Waals surface area contributed by atoms with Crippen LogP contribution >= 0.6 is 23.2 Å². The predicted octanol–water partition coefficient (Wildman–Crippen LogP) is 3.43. The third-order valence-electron chi connectivity index (χ3n) is 3.18. The van der Waals surface area contributed by atoms with Gasteiger partial charge in [0.15, 0.2) is 0 Å². The van der Waals surface area contributed by atoms with Crippen molar-refractivity contribution in [2.45, 2.75) is 19.4 Å². The first kappa shape index (κ1) is 13.9. The Bertz CT molecular complexity index is 420. The summed E-state index contributed by atoms with van der Waals surface area (Å²) in [5.74, 6) is 0.902. The molecule has 0 amide bonds. The molecule has 1 aliphatic heterocycles. The van der Waals surface area contributed by atoms with Gasteiger partial charge in [0.2, 0.25) is 0 Å². The van der Waals surface area contributed by atoms with E-state index in [0.717, 1.165) is 18.6 Å². The molecular weight excluding hydrogens is 273 g/mol. The van der Waals surface area contributed by atoms with Gasteiger partial charge in [-0.2, -0.15) is 0 Å². The Kier molecular flexibility index (Phi) is 4.73. The highest BCUT2D eigenvalue weighted by Gasteiger charge is 2.26. The first-order chi connectivity index (χ1) is 8.63. The van der Waals surface area contributed by atoms with Crippen LogP contribution in [0.15, 0.2) is 12.1 Å². The minimum atomic E-state index is -0.145. The number of hydrogen-bond donors (Lipinski definition) is 1. The summed E-state index contributed by atoms with van der Waals surface area (Å²) >= 11 is 12.4. The highest BCUT2D eigenvalue weighted by atomic mass is 35.5. The summed E-state index contributed by atoms with van der Waals surface area (Å²) in [6, 6.07) is 3.39. The van der Waals surface area contributed by atoms with Gasteiger partial charge < -0.3 is 15.2 Å². The van der Waals surface area contributed by atoms with Crippen molar-refractivity contribution in [3.63, 3.8) is 0 Å². The van der Waals surface area contributed by atoms with Crippen LogP contribution in [0.5, 0.6) is 5.75 Å². The van der Waals surface area contributed by atoms with Crippen LogP contribution in [0.1, 0.15) is 24.9 Å². The zero-order valence-electron chi connectivity index (χ0n) is 10.3. The van der Waals surface area contributed by atoms with Gasteiger partial charge in [-0.15, -0.1) is 0 Å². The zero-order chi connectivity index (χ0) is 13.1. The summed E-state index contributed by atoms with van der Waals surface area (Å²) in [4.78, 5) is 0. The predicted molar refractivity (Wildman–Crippen MR) is 73.5 cm³/mol. The van der Waals surface area contributed by atoms with Gasteiger partial charge in [0, 0.05) is 29.7 Å². The van der Waals surface area contributed by atoms with Crippen molar-refractivity contribution in [1.29, 1.82) is 0 Å². The van der Waals surface area contributed by atoms with Crippen LogP contribution in [0.25, 0.3) is 0 Å². The minimum Gasteiger partial charge on any atom is -0.492 e. The molecule has 1 aromatic rings. The topological polar surface area (TPSA) is 44.5 Å². The average Bonchev–Trinajstić information content (AvgIpc) is 2.86. The molecule has 1 fully saturated rings. The highest BCUT2D eigenvalue weighted by molar-refractivity contribution is 6.34. The van der Waals surface area contributed by atoms with Crippen molar-refractivity contribution in [3.8, 4) is 5.75 Å². The molecule has 18 heavy (non-hydrogen) atoms. The van der Waals surface area contributed by atoms with Crippen LogP contribution in [0, 0.1) is 5.92 Å². The Hall–Kier alpha value is -0.480. The smallest absolute Gasteiger partial charge is 0.139 e. The lowest BCUT2D eigenvalue weighted by Gasteiger charge is -2.20. The number of nitrogens with two attached hydrogens (primary N) is 1. The fourth-order valence-corrected chi connectivity index (χ4v) is 2.66. The van der Waals surface area contributed by atoms with E-state index >= 15 is 0 Å². The fourth-order valence-electron chi connectivity index (χ4n) is 2.16. The van der Waals surface area contributed by atoms with Gasteiger partial charge in [0.25, 0.3) is 0 Å². The molecule has 2 unspecified atom stereocenters. The summed E-state index contributed by atoms with van der Waals surface area (Å²) in [6.07, 6.45) is 0.961. The van der Waals surface area contributed by atoms with Gasteiger partial charge in [-0.05, 0) is 25.0 Å². The fraction of sp³-hybridized carbons (Fsp3) is 0.538. The molecule has 0 saturated carbocycles. The Morgan fingerprint density at radius 3 is 2.83 bits per heavy atom. The van der Waals surface area contributed by atoms with Crippen LogP contribution in [0.2, 0.25) is 10.0 Å². The standard InChI is InChI=1S/C13H17Cl2NO2/c1-2-18-12-6-10(14)9(5-11(12)15)13(16)8-3-4-17-7-8/h5-6,8,13H,2-4,7,16H2,1H3. The van der Waals surface area contributed by atoms with Crippen molar-refractivity contribution in [2.75, 3.05) is 19.8 Å². The third kappa shape index (κ3) is 2.91. The van der Waals surface area contributed by atoms with Crippen molar-refractivity contribution >= 4 is 23.2 Å². The summed E-state index contributed by atoms with van der Waals surface area (Å²) < 4.78 is 10.7. The molecule has 5 heteroatoms. The first-order valence-corrected chi connectivity index (χ1v) is 6.84. The van der Waals surface area contributed by atoms with Crippen LogP contribution in [0.3, 0.4) is 0 Å². The van der Waals surface area contributed by atoms with E-state index in [2.05, 4.69) is 0 Å². The van der Waals surface area contributed by atoms with E-state index < -0.39 is 0 Å². The molecule has 1 aromatic carbocycles. The van der Waals surface area contributed by atoms with Gasteiger partial charge in [0.1, 0.15) is 5.75 Å². The Morgan fingerprint density at radius 2 is 2.22 bits per heavy atom. The van der Waals surface area contributed by atoms with Gasteiger partial charge in [-0.25, -0.2) is 0 Å². The van der Waals surface area contributed by atoms with Crippen LogP contribution in [-0.2, 0) is 4.74 Å². The maximum Gasteiger partial charge on any atom is 0.139 e. The van der Waals surface area contributed by atoms with Gasteiger partial charge >= 0.3 is 0 Å². The summed E-state index contributed by atoms with van der Waals surface area (Å²) in [6.45, 7) is 3.90. The number of rotatable bonds is 4. The number of benzene rings is 1. The monoisotopic (exact) mass is 289 g/mol. The largest absolute Gasteiger partial charge is 0.492 e. The molecule has 0 radical (unpaired) electrons. The van der Waals surface area contributed by atoms with Crippen LogP contribution in [-0.4, -0.2) is 19.8 Å². The molecule has 1 saturated heterocycles. The molecule has 2 N–H and O–H groups in total. The highest BCUT2D eigenvalue weighted by Crippen LogP contribution is 2.37. The lowest BCUT2D eigenvalue weighted by atomic mass is 9.93. The Labute approximate surface area is 117 Å². The quantitative estimate of drug-likeness (QED) is 0.924. The second-order valence-corrected chi connectivity index (χ2v) is 5.20. The van der Waals surface area contributed by atoms with E-state index in [1.807, 2.05) is 6.92 Å². The molecule has 0 spiro atoms. The van der Waals surface area contributed by atoms with Crippen LogP contribution in [0.4, 0.5) is 0 Å². The van der Waals surface area contributed by atoms with Gasteiger partial charge in [-0.1, -0.05) is 23.2 Å². The number of hydrogen-bond acceptors (Lipinski definition) is 3. The second-order valence-electron chi connectivity index (χ2n) is 4.39. The van der Waals surface area contributed by atoms with E-state index in [0.29, 0.717) is 34.9 Å². The normalized spacial score (nSPS) is 21.0. The van der Waals surface area contributed by atoms with E-state index in [9.17, 15) is 0 Å². The molecule has 2 rings (SSSR count). The molecule has 1 heterocycles. The average molecular weight is 290 g/mol. The number of halogens is 2. The molecular formula is C13H17Cl2NO2. The van der Waals surface area contributed by atoms with E-state index in [4.69, 9.17) is 38.4 Å². The number of ether oxygens (including phenoxy) is 2. The summed E-state index contributed by atoms with van der Waals surface area (Å²) in [5, 5.41) is 1.15. The first-order valence-electron chi connectivity index (χ1n) is 6.08. The van der Waals surface area contributed by atoms with E-state index in [-0.39, 0.29) is 6.04 Å². The molecule has 0 aliphatic carbocycles. The van der Waals surface area contributed by atoms with E-state index in [1.54, 1.807) is 12.1 Å². The maximum atomic E-state index is 6.25. The van der Waals surface area contributed by atoms with Crippen molar-refractivity contribution < 1.29 is 9.47 Å². The van der Waals surface area contributed by atoms with E-state index in [1.165, 1.54) is 0 Å².